The van der Waals surface area contributed by atoms with Crippen molar-refractivity contribution >= 4 is 65.7 Å². The number of hydrogen-bond acceptors (Lipinski definition) is 5. The van der Waals surface area contributed by atoms with Crippen molar-refractivity contribution in [3.05, 3.63) is 87.3 Å². The number of thiophene rings is 1. The van der Waals surface area contributed by atoms with Gasteiger partial charge in [0, 0.05) is 31.4 Å². The van der Waals surface area contributed by atoms with Gasteiger partial charge in [-0.1, -0.05) is 66.3 Å². The lowest BCUT2D eigenvalue weighted by molar-refractivity contribution is 0.123. The molecule has 2 aliphatic carbocycles. The van der Waals surface area contributed by atoms with Crippen LogP contribution in [0.4, 0.5) is 0 Å². The molecule has 182 valence electrons. The molecule has 2 aliphatic rings. The monoisotopic (exact) mass is 543 g/mol. The van der Waals surface area contributed by atoms with Crippen molar-refractivity contribution in [1.82, 2.24) is 4.72 Å². The van der Waals surface area contributed by atoms with Crippen LogP contribution in [0.3, 0.4) is 0 Å². The standard InChI is InChI=1S/C27H26ClNO3S3/c1-27(2,30)17-10-13-23(33)21(15-17)19-8-5-6-16-14-24(34-26(16)19)25(20-7-3-4-9-22(20)28)29-35(31,32)18-11-12-18/h3-10,14-15,18,25,29-30H,11-13H2,1-2H3/t25-/m1/s1. The van der Waals surface area contributed by atoms with Crippen LogP contribution in [0.1, 0.15) is 55.2 Å². The minimum atomic E-state index is -3.47. The first-order valence-corrected chi connectivity index (χ1v) is 14.7. The zero-order valence-electron chi connectivity index (χ0n) is 19.4. The molecule has 1 saturated carbocycles. The summed E-state index contributed by atoms with van der Waals surface area (Å²) in [6.45, 7) is 3.54. The number of aliphatic hydroxyl groups is 1. The average Bonchev–Trinajstić information content (AvgIpc) is 3.57. The van der Waals surface area contributed by atoms with Gasteiger partial charge in [-0.05, 0) is 67.0 Å². The summed E-state index contributed by atoms with van der Waals surface area (Å²) in [5.74, 6) is 0. The Morgan fingerprint density at radius 2 is 1.91 bits per heavy atom. The Balaban J connectivity index is 1.63. The Morgan fingerprint density at radius 3 is 2.60 bits per heavy atom. The normalized spacial score (nSPS) is 17.9. The summed E-state index contributed by atoms with van der Waals surface area (Å²) in [5.41, 5.74) is 2.51. The van der Waals surface area contributed by atoms with E-state index in [1.54, 1.807) is 31.3 Å². The Morgan fingerprint density at radius 1 is 1.17 bits per heavy atom. The molecule has 0 spiro atoms. The van der Waals surface area contributed by atoms with Crippen LogP contribution in [0.15, 0.2) is 66.3 Å². The lowest BCUT2D eigenvalue weighted by Gasteiger charge is -2.24. The molecule has 1 atom stereocenters. The largest absolute Gasteiger partial charge is 0.386 e. The molecule has 2 N–H and O–H groups in total. The van der Waals surface area contributed by atoms with Crippen LogP contribution in [0.25, 0.3) is 15.7 Å². The molecule has 8 heteroatoms. The summed E-state index contributed by atoms with van der Waals surface area (Å²) in [6.07, 6.45) is 5.92. The summed E-state index contributed by atoms with van der Waals surface area (Å²) in [5, 5.41) is 11.7. The number of fused-ring (bicyclic) bond motifs is 1. The minimum absolute atomic E-state index is 0.339. The molecule has 1 aromatic heterocycles. The number of nitrogens with one attached hydrogen (secondary N) is 1. The van der Waals surface area contributed by atoms with E-state index in [0.29, 0.717) is 24.3 Å². The quantitative estimate of drug-likeness (QED) is 0.330. The topological polar surface area (TPSA) is 66.4 Å². The zero-order chi connectivity index (χ0) is 25.0. The van der Waals surface area contributed by atoms with Gasteiger partial charge in [0.1, 0.15) is 0 Å². The number of rotatable bonds is 7. The van der Waals surface area contributed by atoms with E-state index in [1.807, 2.05) is 54.6 Å². The van der Waals surface area contributed by atoms with Crippen molar-refractivity contribution in [3.63, 3.8) is 0 Å². The fourth-order valence-electron chi connectivity index (χ4n) is 4.32. The predicted octanol–water partition coefficient (Wildman–Crippen LogP) is 6.58. The Hall–Kier alpha value is -1.87. The Kier molecular flexibility index (Phi) is 6.53. The molecule has 0 saturated heterocycles. The highest BCUT2D eigenvalue weighted by Crippen LogP contribution is 2.41. The van der Waals surface area contributed by atoms with Gasteiger partial charge in [0.15, 0.2) is 0 Å². The second kappa shape index (κ2) is 9.21. The van der Waals surface area contributed by atoms with Gasteiger partial charge in [-0.25, -0.2) is 13.1 Å². The van der Waals surface area contributed by atoms with Gasteiger partial charge in [-0.3, -0.25) is 0 Å². The molecular formula is C27H26ClNO3S3. The fraction of sp³-hybridized carbons (Fsp3) is 0.296. The molecule has 4 nitrogen and oxygen atoms in total. The highest BCUT2D eigenvalue weighted by molar-refractivity contribution is 7.90. The maximum Gasteiger partial charge on any atom is 0.215 e. The third-order valence-electron chi connectivity index (χ3n) is 6.41. The van der Waals surface area contributed by atoms with Crippen LogP contribution >= 0.6 is 35.2 Å². The smallest absolute Gasteiger partial charge is 0.215 e. The summed E-state index contributed by atoms with van der Waals surface area (Å²) < 4.78 is 29.9. The summed E-state index contributed by atoms with van der Waals surface area (Å²) in [4.78, 5) is 1.68. The molecule has 35 heavy (non-hydrogen) atoms. The van der Waals surface area contributed by atoms with Crippen molar-refractivity contribution in [3.8, 4) is 0 Å². The number of sulfonamides is 1. The van der Waals surface area contributed by atoms with E-state index in [2.05, 4.69) is 4.72 Å². The number of hydrogen-bond donors (Lipinski definition) is 2. The van der Waals surface area contributed by atoms with Crippen molar-refractivity contribution in [1.29, 1.82) is 0 Å². The third-order valence-corrected chi connectivity index (χ3v) is 10.3. The van der Waals surface area contributed by atoms with Crippen molar-refractivity contribution in [2.24, 2.45) is 0 Å². The average molecular weight is 544 g/mol. The Bertz CT molecular complexity index is 1490. The molecule has 0 aliphatic heterocycles. The zero-order valence-corrected chi connectivity index (χ0v) is 22.6. The van der Waals surface area contributed by atoms with E-state index < -0.39 is 21.7 Å². The van der Waals surface area contributed by atoms with Gasteiger partial charge < -0.3 is 5.11 Å². The molecule has 2 aromatic carbocycles. The molecule has 3 aromatic rings. The molecule has 0 unspecified atom stereocenters. The lowest BCUT2D eigenvalue weighted by Crippen LogP contribution is -2.31. The highest BCUT2D eigenvalue weighted by Gasteiger charge is 2.38. The first kappa shape index (κ1) is 24.8. The van der Waals surface area contributed by atoms with Crippen LogP contribution in [0, 0.1) is 0 Å². The van der Waals surface area contributed by atoms with E-state index >= 15 is 0 Å². The lowest BCUT2D eigenvalue weighted by atomic mass is 9.86. The van der Waals surface area contributed by atoms with E-state index in [4.69, 9.17) is 23.8 Å². The fourth-order valence-corrected chi connectivity index (χ4v) is 7.68. The van der Waals surface area contributed by atoms with E-state index in [0.717, 1.165) is 42.1 Å². The van der Waals surface area contributed by atoms with E-state index in [9.17, 15) is 13.5 Å². The first-order valence-electron chi connectivity index (χ1n) is 11.5. The predicted molar refractivity (Wildman–Crippen MR) is 150 cm³/mol. The van der Waals surface area contributed by atoms with Gasteiger partial charge in [-0.15, -0.1) is 11.3 Å². The Labute approximate surface area is 220 Å². The minimum Gasteiger partial charge on any atom is -0.386 e. The first-order chi connectivity index (χ1) is 16.5. The maximum absolute atomic E-state index is 13.0. The van der Waals surface area contributed by atoms with Crippen LogP contribution in [0.2, 0.25) is 5.02 Å². The van der Waals surface area contributed by atoms with Gasteiger partial charge >= 0.3 is 0 Å². The van der Waals surface area contributed by atoms with Gasteiger partial charge in [-0.2, -0.15) is 0 Å². The number of allylic oxidation sites excluding steroid dienone is 2. The molecule has 0 radical (unpaired) electrons. The van der Waals surface area contributed by atoms with Crippen molar-refractivity contribution < 1.29 is 13.5 Å². The van der Waals surface area contributed by atoms with Crippen molar-refractivity contribution in [2.75, 3.05) is 0 Å². The molecule has 5 rings (SSSR count). The van der Waals surface area contributed by atoms with Crippen molar-refractivity contribution in [2.45, 2.75) is 50.0 Å². The molecule has 0 bridgehead atoms. The SMILES string of the molecule is CC(C)(O)C1=CCC(=S)C(c2cccc3cc([C@H](NS(=O)(=O)C4CC4)c4ccccc4Cl)sc23)=C1. The molecular weight excluding hydrogens is 518 g/mol. The highest BCUT2D eigenvalue weighted by atomic mass is 35.5. The van der Waals surface area contributed by atoms with E-state index in [1.165, 1.54) is 0 Å². The van der Waals surface area contributed by atoms with Crippen LogP contribution in [0.5, 0.6) is 0 Å². The summed E-state index contributed by atoms with van der Waals surface area (Å²) >= 11 is 13.8. The summed E-state index contributed by atoms with van der Waals surface area (Å²) in [7, 11) is -3.47. The number of benzene rings is 2. The van der Waals surface area contributed by atoms with Gasteiger partial charge in [0.2, 0.25) is 10.0 Å². The summed E-state index contributed by atoms with van der Waals surface area (Å²) in [6, 6.07) is 14.9. The molecule has 1 heterocycles. The number of thiocarbonyl (C=S) groups is 1. The molecule has 1 fully saturated rings. The third kappa shape index (κ3) is 5.03. The van der Waals surface area contributed by atoms with Gasteiger partial charge in [0.25, 0.3) is 0 Å². The maximum atomic E-state index is 13.0. The second-order valence-corrected chi connectivity index (χ2v) is 13.6. The van der Waals surface area contributed by atoms with Crippen LogP contribution in [-0.2, 0) is 10.0 Å². The van der Waals surface area contributed by atoms with E-state index in [-0.39, 0.29) is 5.25 Å². The number of halogens is 1. The second-order valence-electron chi connectivity index (χ2n) is 9.59. The van der Waals surface area contributed by atoms with Gasteiger partial charge in [0.05, 0.1) is 16.9 Å². The van der Waals surface area contributed by atoms with Crippen LogP contribution < -0.4 is 4.72 Å². The molecule has 0 amide bonds. The van der Waals surface area contributed by atoms with Crippen LogP contribution in [-0.4, -0.2) is 29.2 Å².